The molecule has 2 N–H and O–H groups in total. The van der Waals surface area contributed by atoms with Gasteiger partial charge in [0.25, 0.3) is 0 Å². The fourth-order valence-electron chi connectivity index (χ4n) is 4.61. The van der Waals surface area contributed by atoms with Crippen molar-refractivity contribution in [2.75, 3.05) is 13.2 Å². The first-order valence-electron chi connectivity index (χ1n) is 10.5. The molecule has 6 heteroatoms. The van der Waals surface area contributed by atoms with Crippen LogP contribution in [0, 0.1) is 0 Å². The molecule has 1 aliphatic carbocycles. The van der Waals surface area contributed by atoms with Crippen LogP contribution in [0.25, 0.3) is 11.1 Å². The summed E-state index contributed by atoms with van der Waals surface area (Å²) in [6, 6.07) is 15.6. The Hall–Kier alpha value is -2.86. The summed E-state index contributed by atoms with van der Waals surface area (Å²) in [5.41, 5.74) is 3.89. The van der Waals surface area contributed by atoms with E-state index < -0.39 is 23.7 Å². The minimum Gasteiger partial charge on any atom is -0.481 e. The van der Waals surface area contributed by atoms with Crippen molar-refractivity contribution in [1.29, 1.82) is 0 Å². The van der Waals surface area contributed by atoms with Crippen molar-refractivity contribution < 1.29 is 24.2 Å². The molecule has 1 aliphatic heterocycles. The lowest BCUT2D eigenvalue weighted by atomic mass is 9.86. The van der Waals surface area contributed by atoms with E-state index in [9.17, 15) is 14.7 Å². The Morgan fingerprint density at radius 3 is 2.33 bits per heavy atom. The third kappa shape index (κ3) is 4.05. The molecule has 0 spiro atoms. The second kappa shape index (κ2) is 8.48. The van der Waals surface area contributed by atoms with Crippen LogP contribution in [0.4, 0.5) is 4.79 Å². The number of carbonyl (C=O) groups excluding carboxylic acids is 1. The number of fused-ring (bicyclic) bond motifs is 3. The van der Waals surface area contributed by atoms with E-state index in [0.29, 0.717) is 13.0 Å². The molecule has 2 aromatic rings. The molecule has 0 saturated carbocycles. The van der Waals surface area contributed by atoms with Crippen LogP contribution in [0.15, 0.2) is 48.5 Å². The van der Waals surface area contributed by atoms with Crippen LogP contribution in [-0.2, 0) is 14.3 Å². The molecule has 0 radical (unpaired) electrons. The third-order valence-corrected chi connectivity index (χ3v) is 6.25. The third-order valence-electron chi connectivity index (χ3n) is 6.25. The van der Waals surface area contributed by atoms with E-state index in [1.165, 1.54) is 0 Å². The monoisotopic (exact) mass is 409 g/mol. The lowest BCUT2D eigenvalue weighted by molar-refractivity contribution is -0.142. The molecule has 2 unspecified atom stereocenters. The normalized spacial score (nSPS) is 21.4. The van der Waals surface area contributed by atoms with Gasteiger partial charge in [-0.2, -0.15) is 0 Å². The van der Waals surface area contributed by atoms with Gasteiger partial charge in [-0.3, -0.25) is 4.79 Å². The van der Waals surface area contributed by atoms with Crippen LogP contribution < -0.4 is 5.32 Å². The van der Waals surface area contributed by atoms with Crippen LogP contribution in [0.1, 0.15) is 49.7 Å². The first kappa shape index (κ1) is 20.4. The van der Waals surface area contributed by atoms with E-state index in [-0.39, 0.29) is 18.9 Å². The lowest BCUT2D eigenvalue weighted by Crippen LogP contribution is -2.54. The molecule has 1 heterocycles. The largest absolute Gasteiger partial charge is 0.481 e. The zero-order valence-electron chi connectivity index (χ0n) is 17.1. The Labute approximate surface area is 176 Å². The van der Waals surface area contributed by atoms with Gasteiger partial charge in [-0.25, -0.2) is 4.79 Å². The van der Waals surface area contributed by atoms with Crippen molar-refractivity contribution >= 4 is 12.1 Å². The van der Waals surface area contributed by atoms with Gasteiger partial charge in [-0.05, 0) is 48.4 Å². The first-order chi connectivity index (χ1) is 14.5. The summed E-state index contributed by atoms with van der Waals surface area (Å²) in [4.78, 5) is 24.0. The van der Waals surface area contributed by atoms with Crippen LogP contribution in [0.2, 0.25) is 0 Å². The number of benzene rings is 2. The van der Waals surface area contributed by atoms with Gasteiger partial charge in [-0.1, -0.05) is 48.5 Å². The SMILES string of the molecule is CC1(C(CC(=O)O)NC(=O)OCC2c3ccccc3-c3ccccc32)CCCCO1. The first-order valence-corrected chi connectivity index (χ1v) is 10.5. The van der Waals surface area contributed by atoms with Gasteiger partial charge in [0.15, 0.2) is 0 Å². The molecule has 1 amide bonds. The number of rotatable bonds is 6. The highest BCUT2D eigenvalue weighted by Gasteiger charge is 2.39. The Morgan fingerprint density at radius 1 is 1.13 bits per heavy atom. The van der Waals surface area contributed by atoms with Crippen molar-refractivity contribution in [3.8, 4) is 11.1 Å². The number of carbonyl (C=O) groups is 2. The second-order valence-electron chi connectivity index (χ2n) is 8.24. The van der Waals surface area contributed by atoms with E-state index >= 15 is 0 Å². The number of carboxylic acid groups (broad SMARTS) is 1. The number of nitrogens with one attached hydrogen (secondary N) is 1. The maximum atomic E-state index is 12.6. The summed E-state index contributed by atoms with van der Waals surface area (Å²) in [5.74, 6) is -1.02. The molecule has 158 valence electrons. The zero-order chi connectivity index (χ0) is 21.1. The van der Waals surface area contributed by atoms with E-state index in [0.717, 1.165) is 35.1 Å². The predicted molar refractivity (Wildman–Crippen MR) is 112 cm³/mol. The molecule has 2 aromatic carbocycles. The molecule has 1 fully saturated rings. The average Bonchev–Trinajstić information content (AvgIpc) is 3.06. The summed E-state index contributed by atoms with van der Waals surface area (Å²) in [6.07, 6.45) is 1.77. The summed E-state index contributed by atoms with van der Waals surface area (Å²) in [7, 11) is 0. The van der Waals surface area contributed by atoms with Crippen LogP contribution in [0.5, 0.6) is 0 Å². The molecule has 6 nitrogen and oxygen atoms in total. The summed E-state index contributed by atoms with van der Waals surface area (Å²) < 4.78 is 11.5. The molecule has 0 bridgehead atoms. The standard InChI is InChI=1S/C24H27NO5/c1-24(12-6-7-13-30-24)21(14-22(26)27)25-23(28)29-15-20-18-10-4-2-8-16(18)17-9-3-5-11-19(17)20/h2-5,8-11,20-21H,6-7,12-15H2,1H3,(H,25,28)(H,26,27). The maximum absolute atomic E-state index is 12.6. The fraction of sp³-hybridized carbons (Fsp3) is 0.417. The smallest absolute Gasteiger partial charge is 0.407 e. The number of hydrogen-bond donors (Lipinski definition) is 2. The lowest BCUT2D eigenvalue weighted by Gasteiger charge is -2.40. The Kier molecular flexibility index (Phi) is 5.77. The predicted octanol–water partition coefficient (Wildman–Crippen LogP) is 4.33. The van der Waals surface area contributed by atoms with Crippen molar-refractivity contribution in [3.63, 3.8) is 0 Å². The highest BCUT2D eigenvalue weighted by molar-refractivity contribution is 5.79. The van der Waals surface area contributed by atoms with Gasteiger partial charge in [0, 0.05) is 12.5 Å². The summed E-state index contributed by atoms with van der Waals surface area (Å²) >= 11 is 0. The van der Waals surface area contributed by atoms with Gasteiger partial charge in [-0.15, -0.1) is 0 Å². The Morgan fingerprint density at radius 2 is 1.77 bits per heavy atom. The van der Waals surface area contributed by atoms with Crippen LogP contribution >= 0.6 is 0 Å². The average molecular weight is 409 g/mol. The number of hydrogen-bond acceptors (Lipinski definition) is 4. The molecule has 0 aromatic heterocycles. The summed E-state index contributed by atoms with van der Waals surface area (Å²) in [6.45, 7) is 2.62. The molecule has 2 atom stereocenters. The van der Waals surface area contributed by atoms with Crippen molar-refractivity contribution in [2.24, 2.45) is 0 Å². The number of amides is 1. The van der Waals surface area contributed by atoms with Crippen molar-refractivity contribution in [1.82, 2.24) is 5.32 Å². The van der Waals surface area contributed by atoms with Gasteiger partial charge in [0.05, 0.1) is 18.1 Å². The second-order valence-corrected chi connectivity index (χ2v) is 8.24. The van der Waals surface area contributed by atoms with Gasteiger partial charge in [0.1, 0.15) is 6.61 Å². The molecule has 30 heavy (non-hydrogen) atoms. The van der Waals surface area contributed by atoms with Gasteiger partial charge in [0.2, 0.25) is 0 Å². The van der Waals surface area contributed by atoms with Crippen LogP contribution in [-0.4, -0.2) is 42.0 Å². The molecule has 2 aliphatic rings. The topological polar surface area (TPSA) is 84.9 Å². The molecular formula is C24H27NO5. The number of ether oxygens (including phenoxy) is 2. The van der Waals surface area contributed by atoms with E-state index in [1.54, 1.807) is 0 Å². The molecule has 4 rings (SSSR count). The van der Waals surface area contributed by atoms with E-state index in [2.05, 4.69) is 29.6 Å². The van der Waals surface area contributed by atoms with E-state index in [1.807, 2.05) is 31.2 Å². The highest BCUT2D eigenvalue weighted by Crippen LogP contribution is 2.44. The number of carboxylic acids is 1. The molecule has 1 saturated heterocycles. The van der Waals surface area contributed by atoms with Gasteiger partial charge < -0.3 is 19.9 Å². The van der Waals surface area contributed by atoms with Crippen molar-refractivity contribution in [2.45, 2.75) is 50.2 Å². The number of alkyl carbamates (subject to hydrolysis) is 1. The minimum atomic E-state index is -0.977. The van der Waals surface area contributed by atoms with Crippen molar-refractivity contribution in [3.05, 3.63) is 59.7 Å². The Bertz CT molecular complexity index is 889. The highest BCUT2D eigenvalue weighted by atomic mass is 16.6. The maximum Gasteiger partial charge on any atom is 0.407 e. The zero-order valence-corrected chi connectivity index (χ0v) is 17.1. The molecular weight excluding hydrogens is 382 g/mol. The number of aliphatic carboxylic acids is 1. The summed E-state index contributed by atoms with van der Waals surface area (Å²) in [5, 5.41) is 12.1. The van der Waals surface area contributed by atoms with Crippen LogP contribution in [0.3, 0.4) is 0 Å². The van der Waals surface area contributed by atoms with Gasteiger partial charge >= 0.3 is 12.1 Å². The van der Waals surface area contributed by atoms with E-state index in [4.69, 9.17) is 9.47 Å². The minimum absolute atomic E-state index is 0.0393. The Balaban J connectivity index is 1.45. The fourth-order valence-corrected chi connectivity index (χ4v) is 4.61. The quantitative estimate of drug-likeness (QED) is 0.742.